The molecule has 1 aliphatic heterocycles. The Balaban J connectivity index is 2.19. The number of ether oxygens (including phenoxy) is 1. The fourth-order valence-corrected chi connectivity index (χ4v) is 3.34. The van der Waals surface area contributed by atoms with E-state index in [0.29, 0.717) is 16.9 Å². The number of benzene rings is 1. The third-order valence-corrected chi connectivity index (χ3v) is 4.54. The molecule has 3 nitrogen and oxygen atoms in total. The molecule has 2 aliphatic rings. The highest BCUT2D eigenvalue weighted by atomic mass is 16.5. The van der Waals surface area contributed by atoms with Crippen molar-refractivity contribution < 1.29 is 14.6 Å². The van der Waals surface area contributed by atoms with Gasteiger partial charge in [-0.05, 0) is 36.6 Å². The Morgan fingerprint density at radius 2 is 2.00 bits per heavy atom. The van der Waals surface area contributed by atoms with Crippen molar-refractivity contribution in [2.24, 2.45) is 5.41 Å². The van der Waals surface area contributed by atoms with Crippen LogP contribution in [0.3, 0.4) is 0 Å². The first kappa shape index (κ1) is 15.6. The van der Waals surface area contributed by atoms with Gasteiger partial charge in [0.25, 0.3) is 0 Å². The molecular weight excluding hydrogens is 288 g/mol. The van der Waals surface area contributed by atoms with Gasteiger partial charge in [-0.15, -0.1) is 0 Å². The fourth-order valence-electron chi connectivity index (χ4n) is 3.34. The average molecular weight is 310 g/mol. The standard InChI is InChI=1S/C20H22O3/c1-4-5-9-15-18(19(21)22)14-11-13-8-6-7-10-16(13)23-17(14)12-20(15,2)3/h6-8,10-12H,4-5,9H2,1-3H3,(H,21,22). The molecule has 0 spiro atoms. The highest BCUT2D eigenvalue weighted by molar-refractivity contribution is 5.98. The van der Waals surface area contributed by atoms with Crippen molar-refractivity contribution in [1.82, 2.24) is 0 Å². The van der Waals surface area contributed by atoms with E-state index >= 15 is 0 Å². The van der Waals surface area contributed by atoms with Gasteiger partial charge in [0.15, 0.2) is 0 Å². The van der Waals surface area contributed by atoms with Gasteiger partial charge in [-0.25, -0.2) is 4.79 Å². The minimum atomic E-state index is -0.871. The molecule has 0 fully saturated rings. The van der Waals surface area contributed by atoms with Gasteiger partial charge in [0.2, 0.25) is 0 Å². The van der Waals surface area contributed by atoms with Crippen molar-refractivity contribution in [3.63, 3.8) is 0 Å². The van der Waals surface area contributed by atoms with Crippen LogP contribution in [0.25, 0.3) is 6.08 Å². The number of unbranched alkanes of at least 4 members (excludes halogenated alkanes) is 1. The highest BCUT2D eigenvalue weighted by Gasteiger charge is 2.37. The molecule has 3 rings (SSSR count). The van der Waals surface area contributed by atoms with Crippen LogP contribution in [0.1, 0.15) is 45.6 Å². The van der Waals surface area contributed by atoms with Crippen LogP contribution in [-0.2, 0) is 4.79 Å². The normalized spacial score (nSPS) is 18.4. The first-order valence-electron chi connectivity index (χ1n) is 8.13. The van der Waals surface area contributed by atoms with Crippen LogP contribution in [0, 0.1) is 5.41 Å². The lowest BCUT2D eigenvalue weighted by molar-refractivity contribution is -0.132. The summed E-state index contributed by atoms with van der Waals surface area (Å²) >= 11 is 0. The molecule has 0 saturated heterocycles. The molecule has 23 heavy (non-hydrogen) atoms. The second-order valence-electron chi connectivity index (χ2n) is 6.69. The quantitative estimate of drug-likeness (QED) is 0.855. The maximum Gasteiger partial charge on any atom is 0.336 e. The molecular formula is C20H22O3. The maximum absolute atomic E-state index is 12.0. The molecule has 0 atom stereocenters. The maximum atomic E-state index is 12.0. The van der Waals surface area contributed by atoms with Crippen LogP contribution >= 0.6 is 0 Å². The fraction of sp³-hybridized carbons (Fsp3) is 0.350. The zero-order valence-electron chi connectivity index (χ0n) is 13.8. The molecule has 1 heterocycles. The van der Waals surface area contributed by atoms with Crippen LogP contribution in [0.2, 0.25) is 0 Å². The Morgan fingerprint density at radius 3 is 2.70 bits per heavy atom. The second kappa shape index (κ2) is 5.73. The van der Waals surface area contributed by atoms with Crippen molar-refractivity contribution in [1.29, 1.82) is 0 Å². The molecule has 1 aromatic carbocycles. The Bertz CT molecular complexity index is 748. The number of fused-ring (bicyclic) bond motifs is 2. The number of hydrogen-bond acceptors (Lipinski definition) is 2. The van der Waals surface area contributed by atoms with Crippen molar-refractivity contribution >= 4 is 12.0 Å². The smallest absolute Gasteiger partial charge is 0.336 e. The summed E-state index contributed by atoms with van der Waals surface area (Å²) in [5.41, 5.74) is 2.71. The molecule has 0 radical (unpaired) electrons. The predicted octanol–water partition coefficient (Wildman–Crippen LogP) is 4.96. The van der Waals surface area contributed by atoms with Gasteiger partial charge in [0.1, 0.15) is 11.5 Å². The van der Waals surface area contributed by atoms with Gasteiger partial charge in [-0.2, -0.15) is 0 Å². The SMILES string of the molecule is CCCCC1=C(C(=O)O)C2=Cc3ccccc3OC2=CC1(C)C. The monoisotopic (exact) mass is 310 g/mol. The lowest BCUT2D eigenvalue weighted by Crippen LogP contribution is -2.27. The minimum absolute atomic E-state index is 0.318. The number of aliphatic carboxylic acids is 1. The molecule has 0 aromatic heterocycles. The van der Waals surface area contributed by atoms with Crippen molar-refractivity contribution in [3.8, 4) is 5.75 Å². The first-order chi connectivity index (χ1) is 10.9. The van der Waals surface area contributed by atoms with E-state index < -0.39 is 5.97 Å². The topological polar surface area (TPSA) is 46.5 Å². The molecule has 0 amide bonds. The number of carboxylic acid groups (broad SMARTS) is 1. The summed E-state index contributed by atoms with van der Waals surface area (Å²) in [5, 5.41) is 9.85. The van der Waals surface area contributed by atoms with Crippen molar-refractivity contribution in [2.45, 2.75) is 40.0 Å². The van der Waals surface area contributed by atoms with Crippen LogP contribution in [0.5, 0.6) is 5.75 Å². The summed E-state index contributed by atoms with van der Waals surface area (Å²) in [7, 11) is 0. The van der Waals surface area contributed by atoms with Crippen LogP contribution in [-0.4, -0.2) is 11.1 Å². The van der Waals surface area contributed by atoms with E-state index in [1.54, 1.807) is 0 Å². The van der Waals surface area contributed by atoms with Crippen molar-refractivity contribution in [3.05, 3.63) is 58.4 Å². The zero-order chi connectivity index (χ0) is 16.6. The van der Waals surface area contributed by atoms with Crippen molar-refractivity contribution in [2.75, 3.05) is 0 Å². The number of allylic oxidation sites excluding steroid dienone is 3. The third kappa shape index (κ3) is 2.72. The summed E-state index contributed by atoms with van der Waals surface area (Å²) in [5.74, 6) is 0.565. The van der Waals surface area contributed by atoms with Gasteiger partial charge < -0.3 is 9.84 Å². The van der Waals surface area contributed by atoms with E-state index in [4.69, 9.17) is 4.74 Å². The molecule has 120 valence electrons. The molecule has 1 aliphatic carbocycles. The van der Waals surface area contributed by atoms with Gasteiger partial charge in [0, 0.05) is 16.6 Å². The summed E-state index contributed by atoms with van der Waals surface area (Å²) in [4.78, 5) is 12.0. The molecule has 0 bridgehead atoms. The summed E-state index contributed by atoms with van der Waals surface area (Å²) in [6.45, 7) is 6.25. The Hall–Kier alpha value is -2.29. The second-order valence-corrected chi connectivity index (χ2v) is 6.69. The molecule has 3 heteroatoms. The van der Waals surface area contributed by atoms with E-state index in [-0.39, 0.29) is 5.41 Å². The van der Waals surface area contributed by atoms with Gasteiger partial charge >= 0.3 is 5.97 Å². The summed E-state index contributed by atoms with van der Waals surface area (Å²) in [6, 6.07) is 7.72. The van der Waals surface area contributed by atoms with Crippen LogP contribution < -0.4 is 4.74 Å². The van der Waals surface area contributed by atoms with E-state index in [0.717, 1.165) is 36.1 Å². The highest BCUT2D eigenvalue weighted by Crippen LogP contribution is 2.47. The number of rotatable bonds is 4. The number of para-hydroxylation sites is 1. The Kier molecular flexibility index (Phi) is 3.88. The number of carbonyl (C=O) groups is 1. The average Bonchev–Trinajstić information content (AvgIpc) is 2.49. The largest absolute Gasteiger partial charge is 0.478 e. The minimum Gasteiger partial charge on any atom is -0.478 e. The van der Waals surface area contributed by atoms with E-state index in [2.05, 4.69) is 26.8 Å². The predicted molar refractivity (Wildman–Crippen MR) is 91.1 cm³/mol. The van der Waals surface area contributed by atoms with Gasteiger partial charge in [-0.3, -0.25) is 0 Å². The van der Waals surface area contributed by atoms with E-state index in [1.165, 1.54) is 0 Å². The molecule has 0 saturated carbocycles. The lowest BCUT2D eigenvalue weighted by atomic mass is 9.72. The van der Waals surface area contributed by atoms with E-state index in [1.807, 2.05) is 30.3 Å². The molecule has 1 N–H and O–H groups in total. The molecule has 0 unspecified atom stereocenters. The molecule has 1 aromatic rings. The first-order valence-corrected chi connectivity index (χ1v) is 8.13. The zero-order valence-corrected chi connectivity index (χ0v) is 13.8. The Labute approximate surface area is 137 Å². The lowest BCUT2D eigenvalue weighted by Gasteiger charge is -2.35. The van der Waals surface area contributed by atoms with E-state index in [9.17, 15) is 9.90 Å². The van der Waals surface area contributed by atoms with Gasteiger partial charge in [-0.1, -0.05) is 45.4 Å². The summed E-state index contributed by atoms with van der Waals surface area (Å²) < 4.78 is 6.00. The van der Waals surface area contributed by atoms with Gasteiger partial charge in [0.05, 0.1) is 5.57 Å². The van der Waals surface area contributed by atoms with Crippen LogP contribution in [0.15, 0.2) is 52.8 Å². The number of carboxylic acids is 1. The third-order valence-electron chi connectivity index (χ3n) is 4.54. The number of hydrogen-bond donors (Lipinski definition) is 1. The summed E-state index contributed by atoms with van der Waals surface area (Å²) in [6.07, 6.45) is 6.83. The Morgan fingerprint density at radius 1 is 1.26 bits per heavy atom. The van der Waals surface area contributed by atoms with Crippen LogP contribution in [0.4, 0.5) is 0 Å².